The van der Waals surface area contributed by atoms with Crippen LogP contribution in [0.2, 0.25) is 0 Å². The number of nitrogens with two attached hydrogens (primary N) is 1. The van der Waals surface area contributed by atoms with Crippen molar-refractivity contribution >= 4 is 5.97 Å². The number of dihydropyridines is 1. The van der Waals surface area contributed by atoms with Crippen molar-refractivity contribution in [3.8, 4) is 0 Å². The summed E-state index contributed by atoms with van der Waals surface area (Å²) in [6.45, 7) is 3.92. The van der Waals surface area contributed by atoms with Gasteiger partial charge >= 0.3 is 5.97 Å². The first-order chi connectivity index (χ1) is 11.8. The Morgan fingerprint density at radius 1 is 1.40 bits per heavy atom. The lowest BCUT2D eigenvalue weighted by atomic mass is 9.83. The SMILES string of the molecule is CC(C)C[C@H](N)[C@](O)(CC1C=C(O[C@@H]2C[C@@H]3C[C@@H]3C2)C=CN1)C(=O)O. The summed E-state index contributed by atoms with van der Waals surface area (Å²) in [4.78, 5) is 11.7. The van der Waals surface area contributed by atoms with Gasteiger partial charge in [-0.2, -0.15) is 0 Å². The Hall–Kier alpha value is -1.53. The highest BCUT2D eigenvalue weighted by molar-refractivity contribution is 5.78. The first-order valence-corrected chi connectivity index (χ1v) is 9.30. The lowest BCUT2D eigenvalue weighted by Gasteiger charge is -2.34. The van der Waals surface area contributed by atoms with Crippen LogP contribution in [0.5, 0.6) is 0 Å². The fourth-order valence-electron chi connectivity index (χ4n) is 4.14. The second-order valence-corrected chi connectivity index (χ2v) is 8.31. The largest absolute Gasteiger partial charge is 0.491 e. The number of rotatable bonds is 8. The average Bonchev–Trinajstić information content (AvgIpc) is 3.13. The van der Waals surface area contributed by atoms with Crippen LogP contribution in [0, 0.1) is 17.8 Å². The Labute approximate surface area is 149 Å². The second kappa shape index (κ2) is 7.00. The first kappa shape index (κ1) is 18.3. The molecule has 0 aromatic carbocycles. The zero-order chi connectivity index (χ0) is 18.2. The average molecular weight is 350 g/mol. The van der Waals surface area contributed by atoms with Gasteiger partial charge in [-0.25, -0.2) is 4.79 Å². The van der Waals surface area contributed by atoms with Crippen molar-refractivity contribution in [3.05, 3.63) is 24.1 Å². The summed E-state index contributed by atoms with van der Waals surface area (Å²) in [6, 6.07) is -1.15. The Kier molecular flexibility index (Phi) is 5.11. The minimum atomic E-state index is -1.97. The van der Waals surface area contributed by atoms with E-state index in [2.05, 4.69) is 5.32 Å². The van der Waals surface area contributed by atoms with Crippen molar-refractivity contribution in [2.24, 2.45) is 23.5 Å². The molecular formula is C19H30N2O4. The second-order valence-electron chi connectivity index (χ2n) is 8.31. The predicted molar refractivity (Wildman–Crippen MR) is 94.5 cm³/mol. The molecule has 2 aliphatic carbocycles. The summed E-state index contributed by atoms with van der Waals surface area (Å²) in [7, 11) is 0. The molecule has 0 aromatic rings. The molecule has 6 heteroatoms. The van der Waals surface area contributed by atoms with Gasteiger partial charge < -0.3 is 26.0 Å². The molecule has 0 saturated heterocycles. The predicted octanol–water partition coefficient (Wildman–Crippen LogP) is 1.75. The number of allylic oxidation sites excluding steroid dienone is 1. The molecule has 2 fully saturated rings. The molecule has 0 bridgehead atoms. The summed E-state index contributed by atoms with van der Waals surface area (Å²) in [5.74, 6) is 1.38. The fraction of sp³-hybridized carbons (Fsp3) is 0.737. The van der Waals surface area contributed by atoms with E-state index in [1.807, 2.05) is 26.0 Å². The van der Waals surface area contributed by atoms with Gasteiger partial charge in [0.05, 0.1) is 12.1 Å². The van der Waals surface area contributed by atoms with E-state index in [0.717, 1.165) is 30.4 Å². The van der Waals surface area contributed by atoms with Crippen molar-refractivity contribution in [2.45, 2.75) is 69.7 Å². The molecule has 1 unspecified atom stereocenters. The Morgan fingerprint density at radius 2 is 2.08 bits per heavy atom. The minimum Gasteiger partial charge on any atom is -0.491 e. The number of carbonyl (C=O) groups is 1. The van der Waals surface area contributed by atoms with E-state index in [-0.39, 0.29) is 24.5 Å². The van der Waals surface area contributed by atoms with Gasteiger partial charge in [0, 0.05) is 18.7 Å². The van der Waals surface area contributed by atoms with Crippen molar-refractivity contribution in [3.63, 3.8) is 0 Å². The summed E-state index contributed by atoms with van der Waals surface area (Å²) in [5, 5.41) is 23.4. The van der Waals surface area contributed by atoms with E-state index in [9.17, 15) is 15.0 Å². The molecule has 25 heavy (non-hydrogen) atoms. The van der Waals surface area contributed by atoms with Crippen molar-refractivity contribution in [1.29, 1.82) is 0 Å². The van der Waals surface area contributed by atoms with Crippen molar-refractivity contribution in [1.82, 2.24) is 5.32 Å². The number of fused-ring (bicyclic) bond motifs is 1. The van der Waals surface area contributed by atoms with Crippen LogP contribution in [0.1, 0.15) is 46.0 Å². The highest BCUT2D eigenvalue weighted by Gasteiger charge is 2.47. The highest BCUT2D eigenvalue weighted by atomic mass is 16.5. The normalized spacial score (nSPS) is 33.9. The van der Waals surface area contributed by atoms with E-state index in [1.165, 1.54) is 6.42 Å². The number of aliphatic hydroxyl groups is 1. The first-order valence-electron chi connectivity index (χ1n) is 9.30. The van der Waals surface area contributed by atoms with E-state index in [4.69, 9.17) is 10.5 Å². The zero-order valence-electron chi connectivity index (χ0n) is 15.0. The van der Waals surface area contributed by atoms with Crippen LogP contribution in [-0.2, 0) is 9.53 Å². The molecule has 1 aliphatic heterocycles. The zero-order valence-corrected chi connectivity index (χ0v) is 15.0. The van der Waals surface area contributed by atoms with Crippen LogP contribution in [0.4, 0.5) is 0 Å². The third-order valence-corrected chi connectivity index (χ3v) is 5.67. The molecular weight excluding hydrogens is 320 g/mol. The lowest BCUT2D eigenvalue weighted by molar-refractivity contribution is -0.162. The standard InChI is InChI=1S/C19H30N2O4/c1-11(2)5-17(20)19(24,18(22)23)10-14-9-15(3-4-21-14)25-16-7-12-6-13(12)8-16/h3-4,9,11-14,16-17,21,24H,5-8,10,20H2,1-2H3,(H,22,23)/t12-,13+,14?,16+,17-,19+/m0/s1. The Balaban J connectivity index is 1.62. The quantitative estimate of drug-likeness (QED) is 0.532. The maximum absolute atomic E-state index is 11.7. The molecule has 0 amide bonds. The molecule has 2 saturated carbocycles. The molecule has 6 nitrogen and oxygen atoms in total. The molecule has 0 radical (unpaired) electrons. The number of hydrogen-bond donors (Lipinski definition) is 4. The van der Waals surface area contributed by atoms with Crippen LogP contribution < -0.4 is 11.1 Å². The van der Waals surface area contributed by atoms with Gasteiger partial charge in [-0.15, -0.1) is 0 Å². The summed E-state index contributed by atoms with van der Waals surface area (Å²) >= 11 is 0. The minimum absolute atomic E-state index is 0.00331. The fourth-order valence-corrected chi connectivity index (χ4v) is 4.14. The van der Waals surface area contributed by atoms with Crippen LogP contribution >= 0.6 is 0 Å². The van der Waals surface area contributed by atoms with Gasteiger partial charge in [-0.05, 0) is 55.6 Å². The monoisotopic (exact) mass is 350 g/mol. The summed E-state index contributed by atoms with van der Waals surface area (Å²) in [5.41, 5.74) is 4.06. The van der Waals surface area contributed by atoms with E-state index in [0.29, 0.717) is 6.42 Å². The van der Waals surface area contributed by atoms with Crippen LogP contribution in [0.25, 0.3) is 0 Å². The Bertz CT molecular complexity index is 564. The molecule has 3 aliphatic rings. The molecule has 140 valence electrons. The maximum Gasteiger partial charge on any atom is 0.337 e. The van der Waals surface area contributed by atoms with Gasteiger partial charge in [-0.1, -0.05) is 13.8 Å². The molecule has 5 N–H and O–H groups in total. The van der Waals surface area contributed by atoms with Crippen LogP contribution in [0.3, 0.4) is 0 Å². The summed E-state index contributed by atoms with van der Waals surface area (Å²) < 4.78 is 6.06. The van der Waals surface area contributed by atoms with Crippen LogP contribution in [-0.4, -0.2) is 40.0 Å². The Morgan fingerprint density at radius 3 is 2.68 bits per heavy atom. The van der Waals surface area contributed by atoms with Gasteiger partial charge in [0.2, 0.25) is 0 Å². The maximum atomic E-state index is 11.7. The van der Waals surface area contributed by atoms with Gasteiger partial charge in [0.1, 0.15) is 5.76 Å². The number of ether oxygens (including phenoxy) is 1. The number of carboxylic acid groups (broad SMARTS) is 1. The lowest BCUT2D eigenvalue weighted by Crippen LogP contribution is -2.57. The number of nitrogens with one attached hydrogen (secondary N) is 1. The van der Waals surface area contributed by atoms with Gasteiger partial charge in [0.15, 0.2) is 5.60 Å². The van der Waals surface area contributed by atoms with E-state index in [1.54, 1.807) is 6.20 Å². The molecule has 3 rings (SSSR count). The van der Waals surface area contributed by atoms with Gasteiger partial charge in [-0.3, -0.25) is 0 Å². The van der Waals surface area contributed by atoms with Gasteiger partial charge in [0.25, 0.3) is 0 Å². The number of carboxylic acids is 1. The van der Waals surface area contributed by atoms with E-state index >= 15 is 0 Å². The third kappa shape index (κ3) is 4.18. The van der Waals surface area contributed by atoms with Crippen molar-refractivity contribution in [2.75, 3.05) is 0 Å². The third-order valence-electron chi connectivity index (χ3n) is 5.67. The van der Waals surface area contributed by atoms with Crippen molar-refractivity contribution < 1.29 is 19.7 Å². The summed E-state index contributed by atoms with van der Waals surface area (Å²) in [6.07, 6.45) is 9.77. The topological polar surface area (TPSA) is 105 Å². The van der Waals surface area contributed by atoms with E-state index < -0.39 is 17.6 Å². The molecule has 1 heterocycles. The van der Waals surface area contributed by atoms with Crippen LogP contribution in [0.15, 0.2) is 24.1 Å². The molecule has 0 aromatic heterocycles. The smallest absolute Gasteiger partial charge is 0.337 e. The molecule has 0 spiro atoms. The highest BCUT2D eigenvalue weighted by Crippen LogP contribution is 2.53. The molecule has 6 atom stereocenters. The number of aliphatic carboxylic acids is 1. The number of hydrogen-bond acceptors (Lipinski definition) is 5.